The predicted octanol–water partition coefficient (Wildman–Crippen LogP) is 6.61. The third-order valence-electron chi connectivity index (χ3n) is 5.67. The molecule has 0 saturated heterocycles. The van der Waals surface area contributed by atoms with E-state index in [1.807, 2.05) is 36.4 Å². The van der Waals surface area contributed by atoms with Crippen molar-refractivity contribution in [3.8, 4) is 17.2 Å². The molecule has 0 bridgehead atoms. The highest BCUT2D eigenvalue weighted by Crippen LogP contribution is 2.32. The standard InChI is InChI=1S/C10H13NO.2C9H11NO.3H2/c1-10(2)7-11-8-5-3-4-6-9(8)12-10;1-7-2-3-8-9(6-7)11-5-4-10-8;1-7-3-2-4-8-9(7)11-6-5-10-8;;;/h3-6,11H,7H2,1-2H3;2-3,6,10H,4-5H2,1H3;2-4,10H,5-6H2,1H3;3*1H. The van der Waals surface area contributed by atoms with E-state index in [4.69, 9.17) is 14.2 Å². The van der Waals surface area contributed by atoms with Gasteiger partial charge in [0.05, 0.1) is 23.6 Å². The molecule has 6 heteroatoms. The maximum absolute atomic E-state index is 5.76. The van der Waals surface area contributed by atoms with Gasteiger partial charge in [-0.15, -0.1) is 0 Å². The molecule has 3 heterocycles. The summed E-state index contributed by atoms with van der Waals surface area (Å²) < 4.78 is 16.7. The molecule has 3 N–H and O–H groups in total. The Balaban J connectivity index is 0.000000267. The van der Waals surface area contributed by atoms with E-state index in [9.17, 15) is 0 Å². The minimum atomic E-state index is -0.0889. The van der Waals surface area contributed by atoms with Crippen LogP contribution < -0.4 is 30.2 Å². The first-order valence-corrected chi connectivity index (χ1v) is 11.9. The highest BCUT2D eigenvalue weighted by molar-refractivity contribution is 5.61. The van der Waals surface area contributed by atoms with E-state index in [0.29, 0.717) is 0 Å². The molecule has 6 nitrogen and oxygen atoms in total. The summed E-state index contributed by atoms with van der Waals surface area (Å²) in [5.74, 6) is 2.95. The molecule has 0 atom stereocenters. The van der Waals surface area contributed by atoms with Gasteiger partial charge in [-0.2, -0.15) is 0 Å². The first-order chi connectivity index (χ1) is 16.4. The van der Waals surface area contributed by atoms with Crippen LogP contribution in [0.5, 0.6) is 17.2 Å². The average molecular weight is 468 g/mol. The fourth-order valence-electron chi connectivity index (χ4n) is 3.91. The summed E-state index contributed by atoms with van der Waals surface area (Å²) >= 11 is 0. The Labute approximate surface area is 207 Å². The minimum Gasteiger partial charge on any atom is -0.490 e. The number of aryl methyl sites for hydroxylation is 2. The maximum Gasteiger partial charge on any atom is 0.145 e. The molecule has 3 aliphatic rings. The Kier molecular flexibility index (Phi) is 7.36. The highest BCUT2D eigenvalue weighted by Gasteiger charge is 2.25. The van der Waals surface area contributed by atoms with Crippen LogP contribution in [0.3, 0.4) is 0 Å². The lowest BCUT2D eigenvalue weighted by molar-refractivity contribution is 0.116. The zero-order valence-corrected chi connectivity index (χ0v) is 20.5. The molecule has 34 heavy (non-hydrogen) atoms. The fourth-order valence-corrected chi connectivity index (χ4v) is 3.91. The van der Waals surface area contributed by atoms with Crippen molar-refractivity contribution < 1.29 is 18.5 Å². The number of benzene rings is 3. The van der Waals surface area contributed by atoms with Gasteiger partial charge in [-0.1, -0.05) is 30.3 Å². The van der Waals surface area contributed by atoms with Crippen molar-refractivity contribution in [2.24, 2.45) is 0 Å². The molecule has 0 amide bonds. The minimum absolute atomic E-state index is 0. The summed E-state index contributed by atoms with van der Waals surface area (Å²) in [7, 11) is 0. The molecule has 186 valence electrons. The van der Waals surface area contributed by atoms with Gasteiger partial charge in [0.15, 0.2) is 0 Å². The summed E-state index contributed by atoms with van der Waals surface area (Å²) in [5.41, 5.74) is 5.69. The molecule has 0 radical (unpaired) electrons. The van der Waals surface area contributed by atoms with Gasteiger partial charge >= 0.3 is 0 Å². The summed E-state index contributed by atoms with van der Waals surface area (Å²) in [6, 6.07) is 20.4. The van der Waals surface area contributed by atoms with E-state index in [1.165, 1.54) is 11.1 Å². The van der Waals surface area contributed by atoms with E-state index in [2.05, 4.69) is 67.9 Å². The Morgan fingerprint density at radius 2 is 1.44 bits per heavy atom. The topological polar surface area (TPSA) is 63.8 Å². The van der Waals surface area contributed by atoms with Crippen molar-refractivity contribution in [2.75, 3.05) is 48.8 Å². The third kappa shape index (κ3) is 6.07. The summed E-state index contributed by atoms with van der Waals surface area (Å²) in [6.45, 7) is 12.5. The Hall–Kier alpha value is -3.54. The molecule has 0 aromatic heterocycles. The fraction of sp³-hybridized carbons (Fsp3) is 0.357. The molecular formula is C28H41N3O3. The summed E-state index contributed by atoms with van der Waals surface area (Å²) in [4.78, 5) is 0. The van der Waals surface area contributed by atoms with Crippen LogP contribution >= 0.6 is 0 Å². The monoisotopic (exact) mass is 467 g/mol. The summed E-state index contributed by atoms with van der Waals surface area (Å²) in [6.07, 6.45) is 0. The van der Waals surface area contributed by atoms with E-state index >= 15 is 0 Å². The Morgan fingerprint density at radius 3 is 2.26 bits per heavy atom. The maximum atomic E-state index is 5.76. The van der Waals surface area contributed by atoms with Crippen LogP contribution in [-0.2, 0) is 0 Å². The van der Waals surface area contributed by atoms with Crippen molar-refractivity contribution in [1.82, 2.24) is 0 Å². The largest absolute Gasteiger partial charge is 0.490 e. The molecule has 0 unspecified atom stereocenters. The van der Waals surface area contributed by atoms with Crippen LogP contribution in [-0.4, -0.2) is 38.4 Å². The van der Waals surface area contributed by atoms with Crippen LogP contribution in [0, 0.1) is 13.8 Å². The quantitative estimate of drug-likeness (QED) is 0.346. The van der Waals surface area contributed by atoms with Crippen LogP contribution in [0.4, 0.5) is 17.1 Å². The second kappa shape index (κ2) is 10.6. The van der Waals surface area contributed by atoms with Crippen molar-refractivity contribution >= 4 is 17.1 Å². The van der Waals surface area contributed by atoms with Gasteiger partial charge in [0.25, 0.3) is 0 Å². The Bertz CT molecular complexity index is 1130. The molecular weight excluding hydrogens is 426 g/mol. The molecule has 3 aliphatic heterocycles. The SMILES string of the molecule is CC1(C)CNc2ccccc2O1.Cc1ccc2c(c1)OCCN2.Cc1cccc2c1OCCN2.[HH].[HH].[HH]. The van der Waals surface area contributed by atoms with E-state index in [1.54, 1.807) is 0 Å². The number of hydrogen-bond donors (Lipinski definition) is 3. The molecule has 0 aliphatic carbocycles. The first kappa shape index (κ1) is 23.6. The average Bonchev–Trinajstić information content (AvgIpc) is 2.84. The highest BCUT2D eigenvalue weighted by atomic mass is 16.5. The van der Waals surface area contributed by atoms with Crippen LogP contribution in [0.15, 0.2) is 60.7 Å². The molecule has 3 aromatic carbocycles. The summed E-state index contributed by atoms with van der Waals surface area (Å²) in [5, 5.41) is 9.87. The van der Waals surface area contributed by atoms with Gasteiger partial charge < -0.3 is 30.2 Å². The van der Waals surface area contributed by atoms with Crippen LogP contribution in [0.2, 0.25) is 0 Å². The van der Waals surface area contributed by atoms with Crippen molar-refractivity contribution in [2.45, 2.75) is 33.3 Å². The van der Waals surface area contributed by atoms with Gasteiger partial charge in [0.2, 0.25) is 0 Å². The smallest absolute Gasteiger partial charge is 0.145 e. The normalized spacial score (nSPS) is 16.1. The molecule has 0 spiro atoms. The molecule has 6 rings (SSSR count). The van der Waals surface area contributed by atoms with Gasteiger partial charge in [-0.3, -0.25) is 0 Å². The predicted molar refractivity (Wildman–Crippen MR) is 146 cm³/mol. The number of rotatable bonds is 0. The zero-order valence-electron chi connectivity index (χ0n) is 20.5. The van der Waals surface area contributed by atoms with Gasteiger partial charge in [-0.05, 0) is 69.2 Å². The second-order valence-corrected chi connectivity index (χ2v) is 9.21. The lowest BCUT2D eigenvalue weighted by Crippen LogP contribution is -2.39. The van der Waals surface area contributed by atoms with Crippen molar-refractivity contribution in [3.05, 3.63) is 71.8 Å². The van der Waals surface area contributed by atoms with Crippen LogP contribution in [0.25, 0.3) is 0 Å². The number of fused-ring (bicyclic) bond motifs is 3. The lowest BCUT2D eigenvalue weighted by atomic mass is 10.1. The van der Waals surface area contributed by atoms with E-state index in [-0.39, 0.29) is 9.88 Å². The van der Waals surface area contributed by atoms with Crippen LogP contribution in [0.1, 0.15) is 29.3 Å². The number of hydrogen-bond acceptors (Lipinski definition) is 6. The van der Waals surface area contributed by atoms with Gasteiger partial charge in [0.1, 0.15) is 36.1 Å². The van der Waals surface area contributed by atoms with E-state index < -0.39 is 0 Å². The number of anilines is 3. The Morgan fingerprint density at radius 1 is 0.735 bits per heavy atom. The van der Waals surface area contributed by atoms with Gasteiger partial charge in [-0.25, -0.2) is 0 Å². The van der Waals surface area contributed by atoms with Crippen molar-refractivity contribution in [1.29, 1.82) is 0 Å². The number of ether oxygens (including phenoxy) is 3. The lowest BCUT2D eigenvalue weighted by Gasteiger charge is -2.33. The van der Waals surface area contributed by atoms with E-state index in [0.717, 1.165) is 67.2 Å². The third-order valence-corrected chi connectivity index (χ3v) is 5.67. The molecule has 0 saturated carbocycles. The van der Waals surface area contributed by atoms with Gasteiger partial charge in [0, 0.05) is 17.4 Å². The second-order valence-electron chi connectivity index (χ2n) is 9.21. The molecule has 0 fully saturated rings. The van der Waals surface area contributed by atoms with Crippen molar-refractivity contribution in [3.63, 3.8) is 0 Å². The first-order valence-electron chi connectivity index (χ1n) is 11.9. The molecule has 3 aromatic rings. The number of para-hydroxylation sites is 3. The zero-order chi connectivity index (χ0) is 24.0. The number of nitrogens with one attached hydrogen (secondary N) is 3.